The molecule has 0 saturated carbocycles. The van der Waals surface area contributed by atoms with Crippen LogP contribution in [0.3, 0.4) is 0 Å². The predicted molar refractivity (Wildman–Crippen MR) is 44.0 cm³/mol. The number of hydrogen-bond donors (Lipinski definition) is 2. The third-order valence-electron chi connectivity index (χ3n) is 1.36. The van der Waals surface area contributed by atoms with Crippen molar-refractivity contribution >= 4 is 0 Å². The molecule has 0 aliphatic rings. The van der Waals surface area contributed by atoms with Crippen LogP contribution in [0, 0.1) is 18.3 Å². The van der Waals surface area contributed by atoms with E-state index >= 15 is 0 Å². The summed E-state index contributed by atoms with van der Waals surface area (Å²) < 4.78 is 0. The SMILES string of the molecule is C#CCC(CC(C)C)NN. The van der Waals surface area contributed by atoms with Crippen molar-refractivity contribution in [2.45, 2.75) is 32.7 Å². The first-order valence-electron chi connectivity index (χ1n) is 3.60. The van der Waals surface area contributed by atoms with Crippen molar-refractivity contribution < 1.29 is 0 Å². The van der Waals surface area contributed by atoms with E-state index in [1.54, 1.807) is 0 Å². The second-order valence-corrected chi connectivity index (χ2v) is 2.90. The molecule has 2 nitrogen and oxygen atoms in total. The van der Waals surface area contributed by atoms with Crippen molar-refractivity contribution in [2.24, 2.45) is 11.8 Å². The van der Waals surface area contributed by atoms with Crippen LogP contribution in [0.5, 0.6) is 0 Å². The van der Waals surface area contributed by atoms with E-state index in [0.29, 0.717) is 12.3 Å². The zero-order valence-corrected chi connectivity index (χ0v) is 6.72. The first-order valence-corrected chi connectivity index (χ1v) is 3.60. The highest BCUT2D eigenvalue weighted by Crippen LogP contribution is 2.05. The van der Waals surface area contributed by atoms with Crippen LogP contribution in [0.4, 0.5) is 0 Å². The lowest BCUT2D eigenvalue weighted by atomic mass is 10.0. The monoisotopic (exact) mass is 140 g/mol. The van der Waals surface area contributed by atoms with Crippen LogP contribution < -0.4 is 11.3 Å². The fourth-order valence-corrected chi connectivity index (χ4v) is 0.922. The Balaban J connectivity index is 3.52. The maximum absolute atomic E-state index is 5.26. The summed E-state index contributed by atoms with van der Waals surface area (Å²) in [6, 6.07) is 0.282. The molecule has 1 atom stereocenters. The number of terminal acetylenes is 1. The molecule has 0 aliphatic carbocycles. The number of rotatable bonds is 4. The Hall–Kier alpha value is -0.520. The van der Waals surface area contributed by atoms with Crippen molar-refractivity contribution in [1.29, 1.82) is 0 Å². The number of nitrogens with one attached hydrogen (secondary N) is 1. The Labute approximate surface area is 63.2 Å². The van der Waals surface area contributed by atoms with Gasteiger partial charge in [-0.2, -0.15) is 0 Å². The van der Waals surface area contributed by atoms with Gasteiger partial charge in [0.25, 0.3) is 0 Å². The average Bonchev–Trinajstić information content (AvgIpc) is 1.86. The molecule has 0 saturated heterocycles. The molecule has 2 heteroatoms. The van der Waals surface area contributed by atoms with Gasteiger partial charge in [0.2, 0.25) is 0 Å². The highest BCUT2D eigenvalue weighted by atomic mass is 15.2. The smallest absolute Gasteiger partial charge is 0.0322 e. The van der Waals surface area contributed by atoms with E-state index < -0.39 is 0 Å². The summed E-state index contributed by atoms with van der Waals surface area (Å²) in [5, 5.41) is 0. The molecule has 0 rings (SSSR count). The topological polar surface area (TPSA) is 38.0 Å². The zero-order valence-electron chi connectivity index (χ0n) is 6.72. The van der Waals surface area contributed by atoms with Crippen molar-refractivity contribution in [3.05, 3.63) is 0 Å². The molecule has 3 N–H and O–H groups in total. The van der Waals surface area contributed by atoms with Crippen LogP contribution >= 0.6 is 0 Å². The van der Waals surface area contributed by atoms with Gasteiger partial charge < -0.3 is 0 Å². The standard InChI is InChI=1S/C8H16N2/c1-4-5-8(10-9)6-7(2)3/h1,7-8,10H,5-6,9H2,2-3H3. The van der Waals surface area contributed by atoms with E-state index in [1.807, 2.05) is 0 Å². The highest BCUT2D eigenvalue weighted by molar-refractivity contribution is 4.89. The van der Waals surface area contributed by atoms with Gasteiger partial charge in [-0.1, -0.05) is 13.8 Å². The maximum Gasteiger partial charge on any atom is 0.0322 e. The van der Waals surface area contributed by atoms with Gasteiger partial charge in [0.05, 0.1) is 0 Å². The molecule has 10 heavy (non-hydrogen) atoms. The van der Waals surface area contributed by atoms with Gasteiger partial charge in [0.1, 0.15) is 0 Å². The summed E-state index contributed by atoms with van der Waals surface area (Å²) in [4.78, 5) is 0. The summed E-state index contributed by atoms with van der Waals surface area (Å²) in [6.07, 6.45) is 6.89. The Kier molecular flexibility index (Phi) is 5.00. The molecule has 0 aromatic heterocycles. The number of hydrogen-bond acceptors (Lipinski definition) is 2. The quantitative estimate of drug-likeness (QED) is 0.346. The average molecular weight is 140 g/mol. The number of hydrazine groups is 1. The van der Waals surface area contributed by atoms with Crippen LogP contribution in [0.25, 0.3) is 0 Å². The van der Waals surface area contributed by atoms with Crippen LogP contribution in [0.1, 0.15) is 26.7 Å². The van der Waals surface area contributed by atoms with E-state index in [0.717, 1.165) is 6.42 Å². The Bertz CT molecular complexity index is 113. The largest absolute Gasteiger partial charge is 0.271 e. The van der Waals surface area contributed by atoms with Crippen LogP contribution in [0.2, 0.25) is 0 Å². The predicted octanol–water partition coefficient (Wildman–Crippen LogP) is 0.888. The molecule has 0 aliphatic heterocycles. The van der Waals surface area contributed by atoms with E-state index in [1.165, 1.54) is 0 Å². The van der Waals surface area contributed by atoms with Gasteiger partial charge in [-0.05, 0) is 12.3 Å². The molecular formula is C8H16N2. The molecular weight excluding hydrogens is 124 g/mol. The number of nitrogens with two attached hydrogens (primary N) is 1. The molecule has 0 radical (unpaired) electrons. The molecule has 1 unspecified atom stereocenters. The lowest BCUT2D eigenvalue weighted by molar-refractivity contribution is 0.432. The molecule has 0 aromatic rings. The normalized spacial score (nSPS) is 13.1. The van der Waals surface area contributed by atoms with Gasteiger partial charge in [0.15, 0.2) is 0 Å². The van der Waals surface area contributed by atoms with Crippen molar-refractivity contribution in [2.75, 3.05) is 0 Å². The Morgan fingerprint density at radius 1 is 1.60 bits per heavy atom. The highest BCUT2D eigenvalue weighted by Gasteiger charge is 2.05. The van der Waals surface area contributed by atoms with E-state index in [4.69, 9.17) is 12.3 Å². The lowest BCUT2D eigenvalue weighted by Crippen LogP contribution is -2.35. The maximum atomic E-state index is 5.26. The second kappa shape index (κ2) is 5.28. The third-order valence-corrected chi connectivity index (χ3v) is 1.36. The fraction of sp³-hybridized carbons (Fsp3) is 0.750. The molecule has 58 valence electrons. The van der Waals surface area contributed by atoms with Crippen LogP contribution in [-0.2, 0) is 0 Å². The van der Waals surface area contributed by atoms with Crippen molar-refractivity contribution in [3.63, 3.8) is 0 Å². The Morgan fingerprint density at radius 2 is 2.20 bits per heavy atom. The third kappa shape index (κ3) is 4.37. The van der Waals surface area contributed by atoms with Gasteiger partial charge >= 0.3 is 0 Å². The van der Waals surface area contributed by atoms with Crippen molar-refractivity contribution in [1.82, 2.24) is 5.43 Å². The van der Waals surface area contributed by atoms with Gasteiger partial charge in [0, 0.05) is 12.5 Å². The minimum absolute atomic E-state index is 0.282. The minimum Gasteiger partial charge on any atom is -0.271 e. The lowest BCUT2D eigenvalue weighted by Gasteiger charge is -2.14. The van der Waals surface area contributed by atoms with E-state index in [-0.39, 0.29) is 6.04 Å². The summed E-state index contributed by atoms with van der Waals surface area (Å²) in [6.45, 7) is 4.31. The van der Waals surface area contributed by atoms with E-state index in [2.05, 4.69) is 25.2 Å². The van der Waals surface area contributed by atoms with E-state index in [9.17, 15) is 0 Å². The first-order chi connectivity index (χ1) is 4.70. The summed E-state index contributed by atoms with van der Waals surface area (Å²) in [5.41, 5.74) is 2.69. The first kappa shape index (κ1) is 9.48. The zero-order chi connectivity index (χ0) is 7.98. The van der Waals surface area contributed by atoms with Crippen LogP contribution in [-0.4, -0.2) is 6.04 Å². The molecule has 0 fully saturated rings. The second-order valence-electron chi connectivity index (χ2n) is 2.90. The van der Waals surface area contributed by atoms with Crippen molar-refractivity contribution in [3.8, 4) is 12.3 Å². The summed E-state index contributed by atoms with van der Waals surface area (Å²) in [7, 11) is 0. The van der Waals surface area contributed by atoms with Gasteiger partial charge in [-0.25, -0.2) is 0 Å². The molecule has 0 bridgehead atoms. The molecule has 0 heterocycles. The molecule has 0 spiro atoms. The molecule has 0 aromatic carbocycles. The van der Waals surface area contributed by atoms with Gasteiger partial charge in [-0.15, -0.1) is 12.3 Å². The molecule has 0 amide bonds. The fourth-order valence-electron chi connectivity index (χ4n) is 0.922. The van der Waals surface area contributed by atoms with Crippen LogP contribution in [0.15, 0.2) is 0 Å². The summed E-state index contributed by atoms with van der Waals surface area (Å²) in [5.74, 6) is 8.49. The minimum atomic E-state index is 0.282. The summed E-state index contributed by atoms with van der Waals surface area (Å²) >= 11 is 0. The Morgan fingerprint density at radius 3 is 2.50 bits per heavy atom. The van der Waals surface area contributed by atoms with Gasteiger partial charge in [-0.3, -0.25) is 11.3 Å².